The van der Waals surface area contributed by atoms with Crippen LogP contribution in [0.1, 0.15) is 29.2 Å². The van der Waals surface area contributed by atoms with Crippen LogP contribution in [0.25, 0.3) is 0 Å². The van der Waals surface area contributed by atoms with E-state index in [1.165, 1.54) is 22.3 Å². The Morgan fingerprint density at radius 2 is 1.60 bits per heavy atom. The van der Waals surface area contributed by atoms with Crippen molar-refractivity contribution in [3.05, 3.63) is 34.4 Å². The van der Waals surface area contributed by atoms with E-state index in [-0.39, 0.29) is 0 Å². The lowest BCUT2D eigenvalue weighted by Crippen LogP contribution is -2.22. The van der Waals surface area contributed by atoms with Gasteiger partial charge in [-0.2, -0.15) is 0 Å². The van der Waals surface area contributed by atoms with Gasteiger partial charge in [-0.1, -0.05) is 19.1 Å². The highest BCUT2D eigenvalue weighted by molar-refractivity contribution is 5.41. The molecule has 0 saturated heterocycles. The quantitative estimate of drug-likeness (QED) is 0.719. The number of hydrogen-bond donors (Lipinski definition) is 0. The van der Waals surface area contributed by atoms with E-state index < -0.39 is 0 Å². The summed E-state index contributed by atoms with van der Waals surface area (Å²) >= 11 is 0. The van der Waals surface area contributed by atoms with Crippen LogP contribution in [0.2, 0.25) is 0 Å². The lowest BCUT2D eigenvalue weighted by molar-refractivity contribution is 0.0990. The van der Waals surface area contributed by atoms with Gasteiger partial charge in [0.15, 0.2) is 0 Å². The number of rotatable bonds is 2. The first-order valence-electron chi connectivity index (χ1n) is 5.62. The summed E-state index contributed by atoms with van der Waals surface area (Å²) in [6.07, 6.45) is 2.33. The minimum atomic E-state index is 0.317. The van der Waals surface area contributed by atoms with Crippen molar-refractivity contribution in [1.29, 1.82) is 0 Å². The Morgan fingerprint density at radius 3 is 2.00 bits per heavy atom. The highest BCUT2D eigenvalue weighted by atomic mass is 16.5. The van der Waals surface area contributed by atoms with Crippen LogP contribution in [-0.4, -0.2) is 13.7 Å². The van der Waals surface area contributed by atoms with E-state index in [4.69, 9.17) is 4.74 Å². The van der Waals surface area contributed by atoms with Crippen molar-refractivity contribution in [1.82, 2.24) is 0 Å². The van der Waals surface area contributed by atoms with Crippen LogP contribution in [0.5, 0.6) is 0 Å². The van der Waals surface area contributed by atoms with Crippen molar-refractivity contribution < 1.29 is 4.74 Å². The molecule has 0 fully saturated rings. The van der Waals surface area contributed by atoms with Crippen LogP contribution in [0.3, 0.4) is 0 Å². The molecule has 0 atom stereocenters. The summed E-state index contributed by atoms with van der Waals surface area (Å²) in [4.78, 5) is 0. The van der Waals surface area contributed by atoms with E-state index >= 15 is 0 Å². The van der Waals surface area contributed by atoms with Gasteiger partial charge in [-0.05, 0) is 54.4 Å². The van der Waals surface area contributed by atoms with E-state index in [1.807, 2.05) is 0 Å². The molecule has 0 aliphatic heterocycles. The maximum Gasteiger partial charge on any atom is 0.0522 e. The minimum absolute atomic E-state index is 0.317. The number of hydrogen-bond acceptors (Lipinski definition) is 1. The van der Waals surface area contributed by atoms with E-state index in [2.05, 4.69) is 32.9 Å². The molecule has 1 aliphatic rings. The van der Waals surface area contributed by atoms with Crippen LogP contribution >= 0.6 is 0 Å². The molecule has 1 aromatic carbocycles. The van der Waals surface area contributed by atoms with Crippen molar-refractivity contribution in [2.75, 3.05) is 13.7 Å². The Bertz CT molecular complexity index is 348. The molecule has 0 saturated carbocycles. The molecule has 0 heterocycles. The minimum Gasteiger partial charge on any atom is -0.384 e. The molecule has 0 unspecified atom stereocenters. The average Bonchev–Trinajstić information content (AvgIpc) is 2.42. The van der Waals surface area contributed by atoms with Gasteiger partial charge in [0.2, 0.25) is 0 Å². The third kappa shape index (κ3) is 1.93. The maximum atomic E-state index is 5.32. The molecule has 0 radical (unpaired) electrons. The fourth-order valence-electron chi connectivity index (χ4n) is 2.70. The number of ether oxygens (including phenoxy) is 1. The van der Waals surface area contributed by atoms with Gasteiger partial charge in [-0.3, -0.25) is 0 Å². The highest BCUT2D eigenvalue weighted by Crippen LogP contribution is 2.37. The summed E-state index contributed by atoms with van der Waals surface area (Å²) in [6, 6.07) is 4.71. The normalized spacial score (nSPS) is 17.9. The number of methoxy groups -OCH3 is 1. The SMILES string of the molecule is COCC1(C)Cc2cc(C)c(C)cc2C1. The second-order valence-corrected chi connectivity index (χ2v) is 5.30. The molecule has 1 heteroatoms. The van der Waals surface area contributed by atoms with Gasteiger partial charge >= 0.3 is 0 Å². The van der Waals surface area contributed by atoms with Crippen molar-refractivity contribution in [2.24, 2.45) is 5.41 Å². The summed E-state index contributed by atoms with van der Waals surface area (Å²) in [5, 5.41) is 0. The largest absolute Gasteiger partial charge is 0.384 e. The Kier molecular flexibility index (Phi) is 2.59. The highest BCUT2D eigenvalue weighted by Gasteiger charge is 2.32. The predicted octanol–water partition coefficient (Wildman–Crippen LogP) is 3.05. The second kappa shape index (κ2) is 3.64. The predicted molar refractivity (Wildman–Crippen MR) is 63.3 cm³/mol. The first-order chi connectivity index (χ1) is 7.04. The van der Waals surface area contributed by atoms with Gasteiger partial charge in [0.1, 0.15) is 0 Å². The van der Waals surface area contributed by atoms with Crippen molar-refractivity contribution >= 4 is 0 Å². The van der Waals surface area contributed by atoms with Crippen LogP contribution in [-0.2, 0) is 17.6 Å². The molecular formula is C14H20O. The van der Waals surface area contributed by atoms with Crippen molar-refractivity contribution in [2.45, 2.75) is 33.6 Å². The average molecular weight is 204 g/mol. The van der Waals surface area contributed by atoms with Crippen LogP contribution in [0.4, 0.5) is 0 Å². The summed E-state index contributed by atoms with van der Waals surface area (Å²) in [5.74, 6) is 0. The first kappa shape index (κ1) is 10.7. The summed E-state index contributed by atoms with van der Waals surface area (Å²) < 4.78 is 5.32. The van der Waals surface area contributed by atoms with E-state index in [1.54, 1.807) is 7.11 Å². The van der Waals surface area contributed by atoms with Gasteiger partial charge in [0.25, 0.3) is 0 Å². The molecule has 0 bridgehead atoms. The lowest BCUT2D eigenvalue weighted by atomic mass is 9.88. The molecule has 82 valence electrons. The second-order valence-electron chi connectivity index (χ2n) is 5.30. The van der Waals surface area contributed by atoms with Crippen LogP contribution in [0.15, 0.2) is 12.1 Å². The molecular weight excluding hydrogens is 184 g/mol. The Morgan fingerprint density at radius 1 is 1.13 bits per heavy atom. The first-order valence-corrected chi connectivity index (χ1v) is 5.62. The van der Waals surface area contributed by atoms with Gasteiger partial charge in [-0.25, -0.2) is 0 Å². The Balaban J connectivity index is 2.31. The van der Waals surface area contributed by atoms with E-state index in [0.29, 0.717) is 5.41 Å². The van der Waals surface area contributed by atoms with Gasteiger partial charge in [0, 0.05) is 7.11 Å². The van der Waals surface area contributed by atoms with Crippen molar-refractivity contribution in [3.8, 4) is 0 Å². The molecule has 15 heavy (non-hydrogen) atoms. The molecule has 0 amide bonds. The number of benzene rings is 1. The third-order valence-corrected chi connectivity index (χ3v) is 3.54. The fraction of sp³-hybridized carbons (Fsp3) is 0.571. The smallest absolute Gasteiger partial charge is 0.0522 e. The maximum absolute atomic E-state index is 5.32. The summed E-state index contributed by atoms with van der Waals surface area (Å²) in [7, 11) is 1.80. The standard InChI is InChI=1S/C14H20O/c1-10-5-12-7-14(3,9-15-4)8-13(12)6-11(10)2/h5-6H,7-9H2,1-4H3. The monoisotopic (exact) mass is 204 g/mol. The Hall–Kier alpha value is -0.820. The van der Waals surface area contributed by atoms with Crippen molar-refractivity contribution in [3.63, 3.8) is 0 Å². The van der Waals surface area contributed by atoms with Gasteiger partial charge in [0.05, 0.1) is 6.61 Å². The molecule has 1 aromatic rings. The van der Waals surface area contributed by atoms with Gasteiger partial charge < -0.3 is 4.74 Å². The third-order valence-electron chi connectivity index (χ3n) is 3.54. The molecule has 0 N–H and O–H groups in total. The summed E-state index contributed by atoms with van der Waals surface area (Å²) in [6.45, 7) is 7.57. The number of fused-ring (bicyclic) bond motifs is 1. The summed E-state index contributed by atoms with van der Waals surface area (Å²) in [5.41, 5.74) is 6.19. The zero-order valence-electron chi connectivity index (χ0n) is 10.2. The molecule has 0 aromatic heterocycles. The van der Waals surface area contributed by atoms with Crippen LogP contribution < -0.4 is 0 Å². The van der Waals surface area contributed by atoms with Gasteiger partial charge in [-0.15, -0.1) is 0 Å². The zero-order valence-corrected chi connectivity index (χ0v) is 10.2. The molecule has 2 rings (SSSR count). The van der Waals surface area contributed by atoms with E-state index in [0.717, 1.165) is 19.4 Å². The van der Waals surface area contributed by atoms with Crippen LogP contribution in [0, 0.1) is 19.3 Å². The van der Waals surface area contributed by atoms with E-state index in [9.17, 15) is 0 Å². The number of aryl methyl sites for hydroxylation is 2. The topological polar surface area (TPSA) is 9.23 Å². The lowest BCUT2D eigenvalue weighted by Gasteiger charge is -2.21. The molecule has 0 spiro atoms. The zero-order chi connectivity index (χ0) is 11.1. The molecule has 1 aliphatic carbocycles. The Labute approximate surface area is 92.5 Å². The molecule has 1 nitrogen and oxygen atoms in total. The fourth-order valence-corrected chi connectivity index (χ4v) is 2.70.